The van der Waals surface area contributed by atoms with Gasteiger partial charge in [0.15, 0.2) is 0 Å². The van der Waals surface area contributed by atoms with Crippen LogP contribution in [0, 0.1) is 6.92 Å². The minimum atomic E-state index is -0.450. The van der Waals surface area contributed by atoms with Gasteiger partial charge in [-0.25, -0.2) is 0 Å². The number of aliphatic hydroxyl groups excluding tert-OH is 1. The third kappa shape index (κ3) is 2.40. The average Bonchev–Trinajstić information content (AvgIpc) is 2.26. The molecule has 0 fully saturated rings. The molecule has 0 saturated heterocycles. The van der Waals surface area contributed by atoms with Gasteiger partial charge in [0.1, 0.15) is 11.5 Å². The van der Waals surface area contributed by atoms with Crippen LogP contribution in [0.25, 0.3) is 0 Å². The number of nitrogens with two attached hydrogens (primary N) is 1. The Balaban J connectivity index is 3.25. The van der Waals surface area contributed by atoms with E-state index in [0.717, 1.165) is 11.1 Å². The van der Waals surface area contributed by atoms with Crippen LogP contribution >= 0.6 is 0 Å². The lowest BCUT2D eigenvalue weighted by Gasteiger charge is -2.17. The van der Waals surface area contributed by atoms with Crippen molar-refractivity contribution in [1.82, 2.24) is 0 Å². The lowest BCUT2D eigenvalue weighted by molar-refractivity contribution is 0.264. The van der Waals surface area contributed by atoms with Crippen LogP contribution in [0.4, 0.5) is 0 Å². The molecule has 0 radical (unpaired) electrons. The molecule has 0 bridgehead atoms. The summed E-state index contributed by atoms with van der Waals surface area (Å²) in [5, 5.41) is 9.04. The van der Waals surface area contributed by atoms with Crippen LogP contribution in [0.5, 0.6) is 11.5 Å². The first kappa shape index (κ1) is 11.8. The monoisotopic (exact) mass is 211 g/mol. The molecule has 0 aliphatic rings. The standard InChI is InChI=1S/C11H17NO3/c1-7-4-8(14-2)5-9(10(12)6-13)11(7)15-3/h4-5,10,13H,6,12H2,1-3H3. The van der Waals surface area contributed by atoms with Gasteiger partial charge >= 0.3 is 0 Å². The van der Waals surface area contributed by atoms with Gasteiger partial charge in [-0.1, -0.05) is 0 Å². The molecule has 0 aliphatic carbocycles. The van der Waals surface area contributed by atoms with Gasteiger partial charge in [0.25, 0.3) is 0 Å². The lowest BCUT2D eigenvalue weighted by Crippen LogP contribution is -2.16. The van der Waals surface area contributed by atoms with Gasteiger partial charge in [0.2, 0.25) is 0 Å². The highest BCUT2D eigenvalue weighted by molar-refractivity contribution is 5.48. The molecular weight excluding hydrogens is 194 g/mol. The van der Waals surface area contributed by atoms with E-state index in [4.69, 9.17) is 20.3 Å². The van der Waals surface area contributed by atoms with Crippen LogP contribution in [0.2, 0.25) is 0 Å². The number of aryl methyl sites for hydroxylation is 1. The molecule has 84 valence electrons. The Labute approximate surface area is 89.6 Å². The predicted octanol–water partition coefficient (Wildman–Crippen LogP) is 1.00. The number of hydrogen-bond acceptors (Lipinski definition) is 4. The zero-order valence-corrected chi connectivity index (χ0v) is 9.28. The van der Waals surface area contributed by atoms with Crippen LogP contribution in [0.15, 0.2) is 12.1 Å². The van der Waals surface area contributed by atoms with Crippen molar-refractivity contribution < 1.29 is 14.6 Å². The summed E-state index contributed by atoms with van der Waals surface area (Å²) in [7, 11) is 3.18. The van der Waals surface area contributed by atoms with E-state index in [-0.39, 0.29) is 6.61 Å². The first-order valence-corrected chi connectivity index (χ1v) is 4.73. The van der Waals surface area contributed by atoms with Gasteiger partial charge in [-0.2, -0.15) is 0 Å². The van der Waals surface area contributed by atoms with E-state index < -0.39 is 6.04 Å². The van der Waals surface area contributed by atoms with E-state index in [1.54, 1.807) is 20.3 Å². The summed E-state index contributed by atoms with van der Waals surface area (Å²) in [6, 6.07) is 3.20. The van der Waals surface area contributed by atoms with Gasteiger partial charge < -0.3 is 20.3 Å². The van der Waals surface area contributed by atoms with E-state index in [2.05, 4.69) is 0 Å². The van der Waals surface area contributed by atoms with Gasteiger partial charge in [-0.3, -0.25) is 0 Å². The Morgan fingerprint density at radius 2 is 2.00 bits per heavy atom. The highest BCUT2D eigenvalue weighted by atomic mass is 16.5. The van der Waals surface area contributed by atoms with Crippen LogP contribution in [-0.2, 0) is 0 Å². The highest BCUT2D eigenvalue weighted by Gasteiger charge is 2.14. The highest BCUT2D eigenvalue weighted by Crippen LogP contribution is 2.31. The van der Waals surface area contributed by atoms with E-state index in [1.165, 1.54) is 0 Å². The van der Waals surface area contributed by atoms with E-state index in [0.29, 0.717) is 11.5 Å². The van der Waals surface area contributed by atoms with Crippen molar-refractivity contribution >= 4 is 0 Å². The average molecular weight is 211 g/mol. The summed E-state index contributed by atoms with van der Waals surface area (Å²) in [6.45, 7) is 1.79. The van der Waals surface area contributed by atoms with Crippen LogP contribution in [0.3, 0.4) is 0 Å². The van der Waals surface area contributed by atoms with Crippen molar-refractivity contribution in [1.29, 1.82) is 0 Å². The van der Waals surface area contributed by atoms with E-state index >= 15 is 0 Å². The number of methoxy groups -OCH3 is 2. The second-order valence-electron chi connectivity index (χ2n) is 3.36. The van der Waals surface area contributed by atoms with Gasteiger partial charge in [-0.05, 0) is 24.6 Å². The van der Waals surface area contributed by atoms with Crippen molar-refractivity contribution in [3.05, 3.63) is 23.3 Å². The molecule has 15 heavy (non-hydrogen) atoms. The van der Waals surface area contributed by atoms with E-state index in [1.807, 2.05) is 13.0 Å². The Hall–Kier alpha value is -1.26. The number of hydrogen-bond donors (Lipinski definition) is 2. The van der Waals surface area contributed by atoms with E-state index in [9.17, 15) is 0 Å². The third-order valence-electron chi connectivity index (χ3n) is 2.31. The summed E-state index contributed by atoms with van der Waals surface area (Å²) in [5.74, 6) is 1.42. The molecule has 1 aromatic rings. The third-order valence-corrected chi connectivity index (χ3v) is 2.31. The van der Waals surface area contributed by atoms with Crippen LogP contribution < -0.4 is 15.2 Å². The zero-order chi connectivity index (χ0) is 11.4. The molecule has 1 rings (SSSR count). The molecule has 3 N–H and O–H groups in total. The summed E-state index contributed by atoms with van der Waals surface area (Å²) < 4.78 is 10.4. The quantitative estimate of drug-likeness (QED) is 0.780. The summed E-state index contributed by atoms with van der Waals surface area (Å²) in [6.07, 6.45) is 0. The minimum Gasteiger partial charge on any atom is -0.497 e. The summed E-state index contributed by atoms with van der Waals surface area (Å²) >= 11 is 0. The van der Waals surface area contributed by atoms with Crippen LogP contribution in [0.1, 0.15) is 17.2 Å². The Morgan fingerprint density at radius 3 is 2.47 bits per heavy atom. The van der Waals surface area contributed by atoms with Crippen molar-refractivity contribution in [2.45, 2.75) is 13.0 Å². The topological polar surface area (TPSA) is 64.7 Å². The molecular formula is C11H17NO3. The second-order valence-corrected chi connectivity index (χ2v) is 3.36. The van der Waals surface area contributed by atoms with Gasteiger partial charge in [0, 0.05) is 5.56 Å². The number of rotatable bonds is 4. The molecule has 1 atom stereocenters. The Bertz CT molecular complexity index is 339. The molecule has 1 aromatic carbocycles. The van der Waals surface area contributed by atoms with Crippen LogP contribution in [-0.4, -0.2) is 25.9 Å². The SMILES string of the molecule is COc1cc(C)c(OC)c(C(N)CO)c1. The van der Waals surface area contributed by atoms with Crippen molar-refractivity contribution in [2.24, 2.45) is 5.73 Å². The van der Waals surface area contributed by atoms with Crippen molar-refractivity contribution in [3.63, 3.8) is 0 Å². The fraction of sp³-hybridized carbons (Fsp3) is 0.455. The maximum absolute atomic E-state index is 9.04. The largest absolute Gasteiger partial charge is 0.497 e. The molecule has 0 aliphatic heterocycles. The maximum atomic E-state index is 9.04. The molecule has 4 heteroatoms. The Kier molecular flexibility index (Phi) is 3.94. The molecule has 0 heterocycles. The molecule has 1 unspecified atom stereocenters. The normalized spacial score (nSPS) is 12.3. The van der Waals surface area contributed by atoms with Gasteiger partial charge in [0.05, 0.1) is 26.9 Å². The minimum absolute atomic E-state index is 0.122. The fourth-order valence-corrected chi connectivity index (χ4v) is 1.54. The van der Waals surface area contributed by atoms with Crippen molar-refractivity contribution in [2.75, 3.05) is 20.8 Å². The first-order chi connectivity index (χ1) is 7.13. The maximum Gasteiger partial charge on any atom is 0.126 e. The number of ether oxygens (including phenoxy) is 2. The molecule has 0 aromatic heterocycles. The Morgan fingerprint density at radius 1 is 1.33 bits per heavy atom. The molecule has 0 amide bonds. The molecule has 4 nitrogen and oxygen atoms in total. The van der Waals surface area contributed by atoms with Gasteiger partial charge in [-0.15, -0.1) is 0 Å². The predicted molar refractivity (Wildman–Crippen MR) is 58.3 cm³/mol. The smallest absolute Gasteiger partial charge is 0.126 e. The lowest BCUT2D eigenvalue weighted by atomic mass is 10.0. The molecule has 0 spiro atoms. The molecule has 0 saturated carbocycles. The second kappa shape index (κ2) is 5.00. The number of aliphatic hydroxyl groups is 1. The number of benzene rings is 1. The summed E-state index contributed by atoms with van der Waals surface area (Å²) in [5.41, 5.74) is 7.48. The fourth-order valence-electron chi connectivity index (χ4n) is 1.54. The van der Waals surface area contributed by atoms with Crippen molar-refractivity contribution in [3.8, 4) is 11.5 Å². The first-order valence-electron chi connectivity index (χ1n) is 4.73. The zero-order valence-electron chi connectivity index (χ0n) is 9.28. The summed E-state index contributed by atoms with van der Waals surface area (Å²) in [4.78, 5) is 0.